The van der Waals surface area contributed by atoms with Crippen molar-refractivity contribution < 1.29 is 19.5 Å². The highest BCUT2D eigenvalue weighted by atomic mass is 16.4. The molecule has 0 fully saturated rings. The summed E-state index contributed by atoms with van der Waals surface area (Å²) in [6.07, 6.45) is 4.04. The summed E-state index contributed by atoms with van der Waals surface area (Å²) in [7, 11) is 0. The number of hydrogen-bond donors (Lipinski definition) is 2. The molecule has 0 aromatic carbocycles. The average molecular weight is 286 g/mol. The van der Waals surface area contributed by atoms with Crippen LogP contribution < -0.4 is 5.32 Å². The Bertz CT molecular complexity index is 310. The van der Waals surface area contributed by atoms with Crippen molar-refractivity contribution in [2.45, 2.75) is 58.8 Å². The van der Waals surface area contributed by atoms with Gasteiger partial charge in [0.15, 0.2) is 0 Å². The van der Waals surface area contributed by atoms with Crippen molar-refractivity contribution >= 4 is 17.9 Å². The molecule has 3 amide bonds. The molecule has 0 saturated carbocycles. The number of imide groups is 1. The largest absolute Gasteiger partial charge is 0.481 e. The van der Waals surface area contributed by atoms with Crippen molar-refractivity contribution in [2.24, 2.45) is 0 Å². The van der Waals surface area contributed by atoms with Crippen molar-refractivity contribution in [3.63, 3.8) is 0 Å². The van der Waals surface area contributed by atoms with Gasteiger partial charge in [-0.05, 0) is 19.3 Å². The van der Waals surface area contributed by atoms with Gasteiger partial charge in [-0.2, -0.15) is 0 Å². The molecule has 6 heteroatoms. The summed E-state index contributed by atoms with van der Waals surface area (Å²) in [5, 5.41) is 10.8. The fraction of sp³-hybridized carbons (Fsp3) is 0.786. The Morgan fingerprint density at radius 3 is 1.95 bits per heavy atom. The van der Waals surface area contributed by atoms with Crippen molar-refractivity contribution in [3.05, 3.63) is 0 Å². The highest BCUT2D eigenvalue weighted by Gasteiger charge is 2.15. The molecular formula is C14H26N2O4. The van der Waals surface area contributed by atoms with E-state index in [1.807, 2.05) is 13.8 Å². The predicted molar refractivity (Wildman–Crippen MR) is 76.4 cm³/mol. The second-order valence-corrected chi connectivity index (χ2v) is 4.79. The van der Waals surface area contributed by atoms with E-state index in [1.54, 1.807) is 4.90 Å². The Balaban J connectivity index is 4.14. The highest BCUT2D eigenvalue weighted by molar-refractivity contribution is 5.94. The lowest BCUT2D eigenvalue weighted by atomic mass is 10.2. The lowest BCUT2D eigenvalue weighted by molar-refractivity contribution is -0.137. The molecule has 0 radical (unpaired) electrons. The molecule has 0 aromatic rings. The van der Waals surface area contributed by atoms with Gasteiger partial charge in [0.05, 0.1) is 0 Å². The third-order valence-electron chi connectivity index (χ3n) is 2.89. The zero-order valence-electron chi connectivity index (χ0n) is 12.5. The molecule has 0 rings (SSSR count). The molecule has 0 saturated heterocycles. The minimum Gasteiger partial charge on any atom is -0.481 e. The van der Waals surface area contributed by atoms with E-state index in [-0.39, 0.29) is 25.3 Å². The first-order valence-electron chi connectivity index (χ1n) is 7.31. The molecule has 0 aliphatic rings. The molecule has 20 heavy (non-hydrogen) atoms. The quantitative estimate of drug-likeness (QED) is 0.645. The van der Waals surface area contributed by atoms with Crippen LogP contribution in [0.2, 0.25) is 0 Å². The Kier molecular flexibility index (Phi) is 10.4. The number of rotatable bonds is 10. The number of carboxylic acids is 1. The molecule has 0 unspecified atom stereocenters. The summed E-state index contributed by atoms with van der Waals surface area (Å²) in [4.78, 5) is 35.5. The number of nitrogens with zero attached hydrogens (tertiary/aromatic N) is 1. The Morgan fingerprint density at radius 1 is 0.950 bits per heavy atom. The van der Waals surface area contributed by atoms with E-state index in [0.717, 1.165) is 25.7 Å². The van der Waals surface area contributed by atoms with Crippen molar-refractivity contribution in [1.82, 2.24) is 10.2 Å². The maximum atomic E-state index is 11.9. The van der Waals surface area contributed by atoms with E-state index < -0.39 is 11.9 Å². The molecule has 0 atom stereocenters. The van der Waals surface area contributed by atoms with E-state index in [2.05, 4.69) is 5.32 Å². The van der Waals surface area contributed by atoms with Crippen LogP contribution in [0.15, 0.2) is 0 Å². The molecule has 0 aromatic heterocycles. The van der Waals surface area contributed by atoms with Gasteiger partial charge in [0.25, 0.3) is 0 Å². The van der Waals surface area contributed by atoms with Crippen molar-refractivity contribution in [3.8, 4) is 0 Å². The van der Waals surface area contributed by atoms with Crippen LogP contribution >= 0.6 is 0 Å². The average Bonchev–Trinajstić information content (AvgIpc) is 2.38. The van der Waals surface area contributed by atoms with Crippen LogP contribution in [0.4, 0.5) is 4.79 Å². The number of unbranched alkanes of at least 4 members (excludes halogenated alkanes) is 2. The highest BCUT2D eigenvalue weighted by Crippen LogP contribution is 2.01. The number of amides is 3. The molecule has 2 N–H and O–H groups in total. The standard InChI is InChI=1S/C14H26N2O4/c1-3-5-10-16(11-6-4-2)14(20)15-12(17)8-7-9-13(18)19/h3-11H2,1-2H3,(H,18,19)(H,15,17,20). The second kappa shape index (κ2) is 11.3. The molecule has 0 heterocycles. The lowest BCUT2D eigenvalue weighted by Crippen LogP contribution is -2.43. The fourth-order valence-corrected chi connectivity index (χ4v) is 1.67. The van der Waals surface area contributed by atoms with Crippen molar-refractivity contribution in [2.75, 3.05) is 13.1 Å². The third-order valence-corrected chi connectivity index (χ3v) is 2.89. The predicted octanol–water partition coefficient (Wildman–Crippen LogP) is 2.38. The molecule has 0 bridgehead atoms. The summed E-state index contributed by atoms with van der Waals surface area (Å²) in [5.41, 5.74) is 0. The van der Waals surface area contributed by atoms with E-state index in [0.29, 0.717) is 13.1 Å². The first-order valence-corrected chi connectivity index (χ1v) is 7.31. The van der Waals surface area contributed by atoms with Crippen LogP contribution in [0, 0.1) is 0 Å². The van der Waals surface area contributed by atoms with Gasteiger partial charge in [-0.15, -0.1) is 0 Å². The summed E-state index contributed by atoms with van der Waals surface area (Å²) in [5.74, 6) is -1.34. The minimum atomic E-state index is -0.934. The van der Waals surface area contributed by atoms with E-state index in [1.165, 1.54) is 0 Å². The Hall–Kier alpha value is -1.59. The van der Waals surface area contributed by atoms with Crippen LogP contribution in [0.25, 0.3) is 0 Å². The van der Waals surface area contributed by atoms with Crippen LogP contribution in [-0.4, -0.2) is 41.0 Å². The normalized spacial score (nSPS) is 10.1. The minimum absolute atomic E-state index is 0.0585. The van der Waals surface area contributed by atoms with Gasteiger partial charge in [-0.3, -0.25) is 14.9 Å². The topological polar surface area (TPSA) is 86.7 Å². The molecule has 6 nitrogen and oxygen atoms in total. The van der Waals surface area contributed by atoms with E-state index in [9.17, 15) is 14.4 Å². The number of hydrogen-bond acceptors (Lipinski definition) is 3. The summed E-state index contributed by atoms with van der Waals surface area (Å²) >= 11 is 0. The molecular weight excluding hydrogens is 260 g/mol. The maximum Gasteiger partial charge on any atom is 0.324 e. The molecule has 0 aliphatic heterocycles. The second-order valence-electron chi connectivity index (χ2n) is 4.79. The Morgan fingerprint density at radius 2 is 1.50 bits per heavy atom. The van der Waals surface area contributed by atoms with Gasteiger partial charge in [-0.1, -0.05) is 26.7 Å². The summed E-state index contributed by atoms with van der Waals surface area (Å²) in [6, 6.07) is -0.368. The van der Waals surface area contributed by atoms with Crippen LogP contribution in [-0.2, 0) is 9.59 Å². The first kappa shape index (κ1) is 18.4. The van der Waals surface area contributed by atoms with Gasteiger partial charge >= 0.3 is 12.0 Å². The zero-order valence-corrected chi connectivity index (χ0v) is 12.5. The summed E-state index contributed by atoms with van der Waals surface area (Å²) in [6.45, 7) is 5.38. The number of carbonyl (C=O) groups is 3. The van der Waals surface area contributed by atoms with E-state index >= 15 is 0 Å². The smallest absolute Gasteiger partial charge is 0.324 e. The van der Waals surface area contributed by atoms with E-state index in [4.69, 9.17) is 5.11 Å². The number of carbonyl (C=O) groups excluding carboxylic acids is 2. The van der Waals surface area contributed by atoms with Crippen LogP contribution in [0.1, 0.15) is 58.8 Å². The van der Waals surface area contributed by atoms with Gasteiger partial charge in [0, 0.05) is 25.9 Å². The van der Waals surface area contributed by atoms with Gasteiger partial charge < -0.3 is 10.0 Å². The molecule has 0 aliphatic carbocycles. The molecule has 116 valence electrons. The monoisotopic (exact) mass is 286 g/mol. The van der Waals surface area contributed by atoms with Gasteiger partial charge in [0.1, 0.15) is 0 Å². The number of nitrogens with one attached hydrogen (secondary N) is 1. The number of aliphatic carboxylic acids is 1. The van der Waals surface area contributed by atoms with Crippen LogP contribution in [0.3, 0.4) is 0 Å². The number of carboxylic acid groups (broad SMARTS) is 1. The summed E-state index contributed by atoms with van der Waals surface area (Å²) < 4.78 is 0. The number of urea groups is 1. The van der Waals surface area contributed by atoms with Gasteiger partial charge in [0.2, 0.25) is 5.91 Å². The fourth-order valence-electron chi connectivity index (χ4n) is 1.67. The SMILES string of the molecule is CCCCN(CCCC)C(=O)NC(=O)CCCC(=O)O. The lowest BCUT2D eigenvalue weighted by Gasteiger charge is -2.22. The maximum absolute atomic E-state index is 11.9. The zero-order chi connectivity index (χ0) is 15.4. The third kappa shape index (κ3) is 9.35. The molecule has 0 spiro atoms. The van der Waals surface area contributed by atoms with Crippen LogP contribution in [0.5, 0.6) is 0 Å². The first-order chi connectivity index (χ1) is 9.51. The van der Waals surface area contributed by atoms with Crippen molar-refractivity contribution in [1.29, 1.82) is 0 Å². The van der Waals surface area contributed by atoms with Gasteiger partial charge in [-0.25, -0.2) is 4.79 Å². The Labute approximate surface area is 120 Å².